The van der Waals surface area contributed by atoms with E-state index < -0.39 is 28.0 Å². The first-order valence-electron chi connectivity index (χ1n) is 10.3. The summed E-state index contributed by atoms with van der Waals surface area (Å²) >= 11 is 0. The Morgan fingerprint density at radius 2 is 1.94 bits per heavy atom. The van der Waals surface area contributed by atoms with Crippen LogP contribution in [0.25, 0.3) is 0 Å². The van der Waals surface area contributed by atoms with Gasteiger partial charge in [0.05, 0.1) is 11.8 Å². The molecule has 0 spiro atoms. The van der Waals surface area contributed by atoms with E-state index in [1.165, 1.54) is 11.2 Å². The number of piperidine rings is 1. The molecule has 1 aromatic rings. The van der Waals surface area contributed by atoms with Crippen LogP contribution in [0.15, 0.2) is 34.7 Å². The molecular formula is C20H22F3N3O5S. The third kappa shape index (κ3) is 4.59. The van der Waals surface area contributed by atoms with E-state index >= 15 is 0 Å². The van der Waals surface area contributed by atoms with Crippen LogP contribution in [-0.2, 0) is 19.6 Å². The molecule has 12 heteroatoms. The molecule has 2 fully saturated rings. The van der Waals surface area contributed by atoms with Crippen molar-refractivity contribution in [2.45, 2.75) is 56.1 Å². The fourth-order valence-corrected chi connectivity index (χ4v) is 4.78. The van der Waals surface area contributed by atoms with Crippen molar-refractivity contribution >= 4 is 21.6 Å². The van der Waals surface area contributed by atoms with Gasteiger partial charge in [0, 0.05) is 18.3 Å². The largest absolute Gasteiger partial charge is 0.518 e. The van der Waals surface area contributed by atoms with Crippen LogP contribution in [0.2, 0.25) is 0 Å². The first kappa shape index (κ1) is 22.6. The second kappa shape index (κ2) is 8.72. The molecule has 0 radical (unpaired) electrons. The van der Waals surface area contributed by atoms with Gasteiger partial charge in [0.1, 0.15) is 12.0 Å². The molecule has 174 valence electrons. The predicted molar refractivity (Wildman–Crippen MR) is 107 cm³/mol. The molecule has 1 saturated heterocycles. The zero-order valence-electron chi connectivity index (χ0n) is 17.0. The maximum atomic E-state index is 12.9. The number of rotatable bonds is 1. The van der Waals surface area contributed by atoms with Gasteiger partial charge in [0.25, 0.3) is 5.91 Å². The molecule has 2 bridgehead atoms. The number of alkyl halides is 3. The lowest BCUT2D eigenvalue weighted by molar-refractivity contribution is -0.131. The Morgan fingerprint density at radius 1 is 1.19 bits per heavy atom. The lowest BCUT2D eigenvalue weighted by atomic mass is 9.83. The van der Waals surface area contributed by atoms with Gasteiger partial charge in [-0.15, -0.1) is 0 Å². The Balaban J connectivity index is 1.71. The summed E-state index contributed by atoms with van der Waals surface area (Å²) in [6.07, 6.45) is 5.69. The van der Waals surface area contributed by atoms with Crippen LogP contribution in [0.5, 0.6) is 5.88 Å². The van der Waals surface area contributed by atoms with E-state index in [1.807, 2.05) is 6.07 Å². The number of hydrogen-bond donors (Lipinski definition) is 0. The van der Waals surface area contributed by atoms with Crippen molar-refractivity contribution in [2.75, 3.05) is 13.2 Å². The highest BCUT2D eigenvalue weighted by atomic mass is 32.2. The average molecular weight is 473 g/mol. The standard InChI is InChI=1S/C20H22F3N3O5S/c21-20(22,23)32(28,29)25-16-4-2-10-26-17(16)11-30-14-7-5-13(6-8-14)15-3-1-9-24-19(15)31-12-18(26)27/h1,3,9,11,13-14H,2,4-8,10,12H2/b17-11-,25-16+. The summed E-state index contributed by atoms with van der Waals surface area (Å²) < 4.78 is 76.5. The highest BCUT2D eigenvalue weighted by Gasteiger charge is 2.47. The Kier molecular flexibility index (Phi) is 6.15. The number of pyridine rings is 1. The molecule has 1 saturated carbocycles. The van der Waals surface area contributed by atoms with E-state index in [0.29, 0.717) is 18.7 Å². The molecule has 4 heterocycles. The average Bonchev–Trinajstić information content (AvgIpc) is 2.77. The van der Waals surface area contributed by atoms with Crippen molar-refractivity contribution in [3.8, 4) is 5.88 Å². The minimum absolute atomic E-state index is 0.0354. The van der Waals surface area contributed by atoms with Crippen molar-refractivity contribution < 1.29 is 35.9 Å². The van der Waals surface area contributed by atoms with E-state index in [2.05, 4.69) is 9.38 Å². The zero-order valence-corrected chi connectivity index (χ0v) is 17.9. The van der Waals surface area contributed by atoms with Gasteiger partial charge in [-0.1, -0.05) is 6.07 Å². The van der Waals surface area contributed by atoms with Crippen LogP contribution in [0, 0.1) is 0 Å². The molecule has 0 unspecified atom stereocenters. The Labute approximate surface area is 183 Å². The van der Waals surface area contributed by atoms with Gasteiger partial charge < -0.3 is 14.4 Å². The summed E-state index contributed by atoms with van der Waals surface area (Å²) in [6.45, 7) is -0.234. The van der Waals surface area contributed by atoms with Crippen molar-refractivity contribution in [3.63, 3.8) is 0 Å². The molecule has 1 aliphatic carbocycles. The molecule has 0 atom stereocenters. The maximum absolute atomic E-state index is 12.9. The number of hydrogen-bond acceptors (Lipinski definition) is 6. The van der Waals surface area contributed by atoms with Crippen LogP contribution in [-0.4, -0.2) is 54.7 Å². The highest BCUT2D eigenvalue weighted by molar-refractivity contribution is 7.91. The topological polar surface area (TPSA) is 98.2 Å². The number of sulfonamides is 1. The molecule has 1 amide bonds. The number of amides is 1. The van der Waals surface area contributed by atoms with Gasteiger partial charge in [0.2, 0.25) is 5.88 Å². The third-order valence-electron chi connectivity index (χ3n) is 5.82. The molecule has 0 N–H and O–H groups in total. The lowest BCUT2D eigenvalue weighted by Gasteiger charge is -2.31. The van der Waals surface area contributed by atoms with Gasteiger partial charge in [0.15, 0.2) is 6.61 Å². The normalized spacial score (nSPS) is 27.6. The van der Waals surface area contributed by atoms with Crippen LogP contribution >= 0.6 is 0 Å². The van der Waals surface area contributed by atoms with Crippen molar-refractivity contribution in [3.05, 3.63) is 35.9 Å². The van der Waals surface area contributed by atoms with Gasteiger partial charge in [-0.05, 0) is 50.5 Å². The van der Waals surface area contributed by atoms with E-state index in [4.69, 9.17) is 9.47 Å². The van der Waals surface area contributed by atoms with Crippen LogP contribution in [0.4, 0.5) is 13.2 Å². The zero-order chi connectivity index (χ0) is 22.9. The van der Waals surface area contributed by atoms with E-state index in [1.54, 1.807) is 12.3 Å². The fourth-order valence-electron chi connectivity index (χ4n) is 4.20. The number of fused-ring (bicyclic) bond motifs is 5. The smallest absolute Gasteiger partial charge is 0.496 e. The summed E-state index contributed by atoms with van der Waals surface area (Å²) in [5, 5.41) is 0. The fraction of sp³-hybridized carbons (Fsp3) is 0.550. The Bertz CT molecular complexity index is 1050. The summed E-state index contributed by atoms with van der Waals surface area (Å²) in [5.41, 5.74) is -5.07. The number of carbonyl (C=O) groups is 1. The molecule has 3 aliphatic heterocycles. The first-order valence-corrected chi connectivity index (χ1v) is 11.7. The first-order chi connectivity index (χ1) is 15.2. The number of halogens is 3. The third-order valence-corrected chi connectivity index (χ3v) is 6.87. The van der Waals surface area contributed by atoms with Gasteiger partial charge in [-0.2, -0.15) is 26.0 Å². The number of nitrogens with zero attached hydrogens (tertiary/aromatic N) is 3. The van der Waals surface area contributed by atoms with E-state index in [9.17, 15) is 26.4 Å². The summed E-state index contributed by atoms with van der Waals surface area (Å²) in [4.78, 5) is 18.3. The molecule has 4 aliphatic rings. The van der Waals surface area contributed by atoms with Crippen LogP contribution in [0.1, 0.15) is 50.0 Å². The monoisotopic (exact) mass is 473 g/mol. The Hall–Kier alpha value is -2.63. The quantitative estimate of drug-likeness (QED) is 0.621. The summed E-state index contributed by atoms with van der Waals surface area (Å²) in [6, 6.07) is 3.72. The van der Waals surface area contributed by atoms with Crippen molar-refractivity contribution in [1.82, 2.24) is 9.88 Å². The minimum Gasteiger partial charge on any atom is -0.496 e. The summed E-state index contributed by atoms with van der Waals surface area (Å²) in [7, 11) is -5.76. The predicted octanol–water partition coefficient (Wildman–Crippen LogP) is 3.27. The molecule has 32 heavy (non-hydrogen) atoms. The van der Waals surface area contributed by atoms with Crippen molar-refractivity contribution in [1.29, 1.82) is 0 Å². The number of aromatic nitrogens is 1. The number of allylic oxidation sites excluding steroid dienone is 1. The summed E-state index contributed by atoms with van der Waals surface area (Å²) in [5.74, 6) is -0.0147. The second-order valence-corrected chi connectivity index (χ2v) is 9.50. The van der Waals surface area contributed by atoms with Crippen LogP contribution in [0.3, 0.4) is 0 Å². The molecule has 0 aromatic carbocycles. The molecule has 1 aromatic heterocycles. The number of carbonyl (C=O) groups excluding carboxylic acids is 1. The van der Waals surface area contributed by atoms with Crippen molar-refractivity contribution in [2.24, 2.45) is 4.40 Å². The second-order valence-electron chi connectivity index (χ2n) is 7.91. The number of ether oxygens (including phenoxy) is 2. The van der Waals surface area contributed by atoms with Crippen LogP contribution < -0.4 is 4.74 Å². The Morgan fingerprint density at radius 3 is 2.66 bits per heavy atom. The molecular weight excluding hydrogens is 451 g/mol. The minimum atomic E-state index is -5.76. The lowest BCUT2D eigenvalue weighted by Crippen LogP contribution is -2.41. The highest BCUT2D eigenvalue weighted by Crippen LogP contribution is 2.38. The molecule has 8 nitrogen and oxygen atoms in total. The van der Waals surface area contributed by atoms with Gasteiger partial charge in [-0.3, -0.25) is 4.79 Å². The SMILES string of the molecule is O=C1COc2ncccc2C2CCC(CC2)O/C=C2/C(=N/S(=O)(=O)C(F)(F)F)CCCN12. The van der Waals surface area contributed by atoms with Gasteiger partial charge in [-0.25, -0.2) is 4.98 Å². The van der Waals surface area contributed by atoms with E-state index in [0.717, 1.165) is 18.4 Å². The maximum Gasteiger partial charge on any atom is 0.518 e. The van der Waals surface area contributed by atoms with E-state index in [-0.39, 0.29) is 42.8 Å². The van der Waals surface area contributed by atoms with Gasteiger partial charge >= 0.3 is 15.5 Å². The molecule has 5 rings (SSSR count).